The van der Waals surface area contributed by atoms with Crippen LogP contribution in [-0.4, -0.2) is 58.2 Å². The van der Waals surface area contributed by atoms with Gasteiger partial charge in [-0.15, -0.1) is 0 Å². The molecule has 0 bridgehead atoms. The van der Waals surface area contributed by atoms with Gasteiger partial charge in [-0.2, -0.15) is 0 Å². The summed E-state index contributed by atoms with van der Waals surface area (Å²) in [6.07, 6.45) is 3.94. The Kier molecular flexibility index (Phi) is 7.33. The molecule has 0 aromatic carbocycles. The lowest BCUT2D eigenvalue weighted by Gasteiger charge is -2.40. The van der Waals surface area contributed by atoms with Crippen LogP contribution in [0.1, 0.15) is 56.6 Å². The van der Waals surface area contributed by atoms with Crippen LogP contribution in [0.2, 0.25) is 10.2 Å². The molecule has 1 fully saturated rings. The Morgan fingerprint density at radius 2 is 1.82 bits per heavy atom. The number of piperidine rings is 1. The first kappa shape index (κ1) is 25.0. The van der Waals surface area contributed by atoms with E-state index in [1.54, 1.807) is 6.20 Å². The van der Waals surface area contributed by atoms with Crippen molar-refractivity contribution in [1.29, 1.82) is 0 Å². The molecule has 0 unspecified atom stereocenters. The highest BCUT2D eigenvalue weighted by Crippen LogP contribution is 2.30. The van der Waals surface area contributed by atoms with E-state index >= 15 is 0 Å². The van der Waals surface area contributed by atoms with Gasteiger partial charge in [-0.3, -0.25) is 4.79 Å². The van der Waals surface area contributed by atoms with E-state index in [0.717, 1.165) is 0 Å². The summed E-state index contributed by atoms with van der Waals surface area (Å²) in [6.45, 7) is 8.82. The maximum Gasteiger partial charge on any atom is 0.408 e. The monoisotopic (exact) mass is 495 g/mol. The number of aromatic nitrogens is 3. The number of halogens is 2. The van der Waals surface area contributed by atoms with Crippen LogP contribution in [-0.2, 0) is 4.74 Å². The lowest BCUT2D eigenvalue weighted by molar-refractivity contribution is 0.0448. The number of anilines is 1. The van der Waals surface area contributed by atoms with Crippen molar-refractivity contribution in [3.05, 3.63) is 39.9 Å². The summed E-state index contributed by atoms with van der Waals surface area (Å²) < 4.78 is 10.4. The summed E-state index contributed by atoms with van der Waals surface area (Å²) >= 11 is 12.2. The molecule has 0 radical (unpaired) electrons. The smallest absolute Gasteiger partial charge is 0.408 e. The number of carbonyl (C=O) groups is 2. The number of ether oxygens (including phenoxy) is 2. The van der Waals surface area contributed by atoms with Gasteiger partial charge in [0.1, 0.15) is 27.3 Å². The first-order chi connectivity index (χ1) is 15.4. The second-order valence-electron chi connectivity index (χ2n) is 9.08. The van der Waals surface area contributed by atoms with Gasteiger partial charge in [0, 0.05) is 18.6 Å². The lowest BCUT2D eigenvalue weighted by Crippen LogP contribution is -2.54. The number of nitrogens with zero attached hydrogens (tertiary/aromatic N) is 4. The average molecular weight is 496 g/mol. The predicted octanol–water partition coefficient (Wildman–Crippen LogP) is 4.30. The second-order valence-corrected chi connectivity index (χ2v) is 9.84. The number of pyridine rings is 1. The van der Waals surface area contributed by atoms with E-state index in [-0.39, 0.29) is 32.9 Å². The second kappa shape index (κ2) is 9.69. The summed E-state index contributed by atoms with van der Waals surface area (Å²) in [6, 6.07) is 1.37. The fourth-order valence-corrected chi connectivity index (χ4v) is 3.87. The Morgan fingerprint density at radius 1 is 1.15 bits per heavy atom. The van der Waals surface area contributed by atoms with Crippen LogP contribution >= 0.6 is 23.2 Å². The normalized spacial score (nSPS) is 15.7. The minimum atomic E-state index is -0.549. The van der Waals surface area contributed by atoms with E-state index in [1.807, 2.05) is 27.7 Å². The third-order valence-corrected chi connectivity index (χ3v) is 5.76. The van der Waals surface area contributed by atoms with Gasteiger partial charge in [-0.25, -0.2) is 19.7 Å². The van der Waals surface area contributed by atoms with E-state index in [1.165, 1.54) is 19.4 Å². The van der Waals surface area contributed by atoms with Crippen molar-refractivity contribution >= 4 is 40.9 Å². The average Bonchev–Trinajstić information content (AvgIpc) is 2.73. The minimum Gasteiger partial charge on any atom is -0.480 e. The van der Waals surface area contributed by atoms with Crippen molar-refractivity contribution in [1.82, 2.24) is 20.3 Å². The third-order valence-electron chi connectivity index (χ3n) is 5.20. The molecule has 0 atom stereocenters. The molecule has 33 heavy (non-hydrogen) atoms. The lowest BCUT2D eigenvalue weighted by atomic mass is 9.90. The van der Waals surface area contributed by atoms with Crippen LogP contribution in [0.25, 0.3) is 0 Å². The van der Waals surface area contributed by atoms with Crippen LogP contribution in [0, 0.1) is 0 Å². The zero-order chi connectivity index (χ0) is 24.4. The van der Waals surface area contributed by atoms with E-state index in [9.17, 15) is 9.59 Å². The molecule has 178 valence electrons. The van der Waals surface area contributed by atoms with Crippen LogP contribution in [0.4, 0.5) is 10.6 Å². The highest BCUT2D eigenvalue weighted by atomic mass is 35.5. The number of alkyl carbamates (subject to hydrolysis) is 1. The first-order valence-electron chi connectivity index (χ1n) is 10.4. The molecule has 1 amide bonds. The van der Waals surface area contributed by atoms with Crippen molar-refractivity contribution < 1.29 is 19.1 Å². The van der Waals surface area contributed by atoms with E-state index in [0.29, 0.717) is 31.7 Å². The zero-order valence-electron chi connectivity index (χ0n) is 19.2. The van der Waals surface area contributed by atoms with Crippen molar-refractivity contribution in [3.63, 3.8) is 0 Å². The van der Waals surface area contributed by atoms with Gasteiger partial charge >= 0.3 is 6.09 Å². The SMILES string of the molecule is COc1nc(Cl)cc(C(=O)c2cnc(N3CCC(C)(NC(=O)OC(C)(C)C)CC3)cn2)c1Cl. The van der Waals surface area contributed by atoms with Crippen molar-refractivity contribution in [2.45, 2.75) is 51.7 Å². The first-order valence-corrected chi connectivity index (χ1v) is 11.2. The topological polar surface area (TPSA) is 107 Å². The molecule has 1 saturated heterocycles. The Bertz CT molecular complexity index is 1030. The molecule has 0 spiro atoms. The molecule has 1 aliphatic heterocycles. The van der Waals surface area contributed by atoms with Crippen LogP contribution < -0.4 is 15.0 Å². The third kappa shape index (κ3) is 6.23. The van der Waals surface area contributed by atoms with Gasteiger partial charge in [-0.05, 0) is 46.6 Å². The number of rotatable bonds is 5. The minimum absolute atomic E-state index is 0.0607. The van der Waals surface area contributed by atoms with Gasteiger partial charge in [-0.1, -0.05) is 23.2 Å². The highest BCUT2D eigenvalue weighted by molar-refractivity contribution is 6.37. The quantitative estimate of drug-likeness (QED) is 0.483. The predicted molar refractivity (Wildman–Crippen MR) is 125 cm³/mol. The Labute approximate surface area is 202 Å². The molecule has 3 rings (SSSR count). The number of hydrogen-bond acceptors (Lipinski definition) is 8. The molecule has 0 saturated carbocycles. The Hall–Kier alpha value is -2.65. The van der Waals surface area contributed by atoms with Gasteiger partial charge < -0.3 is 19.7 Å². The maximum absolute atomic E-state index is 12.9. The fraction of sp³-hybridized carbons (Fsp3) is 0.500. The molecule has 1 N–H and O–H groups in total. The number of carbonyl (C=O) groups excluding carboxylic acids is 2. The standard InChI is InChI=1S/C22H27Cl2N5O4/c1-21(2,3)33-20(31)28-22(4)6-8-29(9-7-22)16-12-25-14(11-26-16)18(30)13-10-15(23)27-19(32-5)17(13)24/h10-12H,6-9H2,1-5H3,(H,28,31). The van der Waals surface area contributed by atoms with Gasteiger partial charge in [0.05, 0.1) is 25.1 Å². The van der Waals surface area contributed by atoms with E-state index in [2.05, 4.69) is 25.2 Å². The van der Waals surface area contributed by atoms with Crippen LogP contribution in [0.3, 0.4) is 0 Å². The number of nitrogens with one attached hydrogen (secondary N) is 1. The van der Waals surface area contributed by atoms with Crippen molar-refractivity contribution in [3.8, 4) is 5.88 Å². The number of methoxy groups -OCH3 is 1. The fourth-order valence-electron chi connectivity index (χ4n) is 3.42. The molecule has 9 nitrogen and oxygen atoms in total. The maximum atomic E-state index is 12.9. The molecule has 1 aliphatic rings. The zero-order valence-corrected chi connectivity index (χ0v) is 20.8. The summed E-state index contributed by atoms with van der Waals surface area (Å²) in [5, 5.41) is 3.12. The summed E-state index contributed by atoms with van der Waals surface area (Å²) in [7, 11) is 1.39. The summed E-state index contributed by atoms with van der Waals surface area (Å²) in [4.78, 5) is 39.7. The molecule has 11 heteroatoms. The van der Waals surface area contributed by atoms with Crippen molar-refractivity contribution in [2.75, 3.05) is 25.1 Å². The summed E-state index contributed by atoms with van der Waals surface area (Å²) in [5.74, 6) is 0.269. The molecule has 3 heterocycles. The molecule has 0 aliphatic carbocycles. The van der Waals surface area contributed by atoms with E-state index < -0.39 is 17.5 Å². The van der Waals surface area contributed by atoms with Crippen LogP contribution in [0.15, 0.2) is 18.5 Å². The number of amides is 1. The Morgan fingerprint density at radius 3 is 2.36 bits per heavy atom. The highest BCUT2D eigenvalue weighted by Gasteiger charge is 2.33. The van der Waals surface area contributed by atoms with Gasteiger partial charge in [0.2, 0.25) is 11.7 Å². The molecule has 2 aromatic heterocycles. The molecule has 2 aromatic rings. The molecular weight excluding hydrogens is 469 g/mol. The number of ketones is 1. The number of hydrogen-bond donors (Lipinski definition) is 1. The molecular formula is C22H27Cl2N5O4. The largest absolute Gasteiger partial charge is 0.480 e. The van der Waals surface area contributed by atoms with Gasteiger partial charge in [0.15, 0.2) is 0 Å². The van der Waals surface area contributed by atoms with Crippen molar-refractivity contribution in [2.24, 2.45) is 0 Å². The Balaban J connectivity index is 1.65. The summed E-state index contributed by atoms with van der Waals surface area (Å²) in [5.41, 5.74) is -0.665. The van der Waals surface area contributed by atoms with E-state index in [4.69, 9.17) is 32.7 Å². The van der Waals surface area contributed by atoms with Gasteiger partial charge in [0.25, 0.3) is 0 Å². The van der Waals surface area contributed by atoms with Crippen LogP contribution in [0.5, 0.6) is 5.88 Å².